The normalized spacial score (nSPS) is 15.6. The molecule has 9 heteroatoms. The molecule has 3 rings (SSSR count). The fourth-order valence-corrected chi connectivity index (χ4v) is 2.92. The lowest BCUT2D eigenvalue weighted by Gasteiger charge is -2.33. The predicted molar refractivity (Wildman–Crippen MR) is 84.3 cm³/mol. The molecule has 3 heterocycles. The number of piperazine rings is 1. The summed E-state index contributed by atoms with van der Waals surface area (Å²) in [6.45, 7) is 4.48. The molecule has 1 aliphatic heterocycles. The summed E-state index contributed by atoms with van der Waals surface area (Å²) in [7, 11) is 0. The number of anilines is 1. The van der Waals surface area contributed by atoms with Crippen molar-refractivity contribution in [3.05, 3.63) is 29.1 Å². The van der Waals surface area contributed by atoms with Crippen molar-refractivity contribution in [1.29, 1.82) is 0 Å². The summed E-state index contributed by atoms with van der Waals surface area (Å²) in [5.41, 5.74) is 0.686. The molecule has 0 bridgehead atoms. The molecule has 23 heavy (non-hydrogen) atoms. The molecule has 1 saturated heterocycles. The monoisotopic (exact) mass is 335 g/mol. The molecule has 0 spiro atoms. The van der Waals surface area contributed by atoms with Gasteiger partial charge in [-0.05, 0) is 6.92 Å². The van der Waals surface area contributed by atoms with Crippen LogP contribution < -0.4 is 5.32 Å². The number of carbonyl (C=O) groups is 2. The van der Waals surface area contributed by atoms with Crippen LogP contribution in [0, 0.1) is 6.92 Å². The van der Waals surface area contributed by atoms with Gasteiger partial charge in [0.1, 0.15) is 0 Å². The molecule has 1 N–H and O–H groups in total. The second-order valence-corrected chi connectivity index (χ2v) is 6.18. The van der Waals surface area contributed by atoms with Crippen molar-refractivity contribution in [1.82, 2.24) is 19.9 Å². The Morgan fingerprint density at radius 3 is 2.74 bits per heavy atom. The number of carbonyl (C=O) groups excluding carboxylic acids is 2. The van der Waals surface area contributed by atoms with E-state index in [-0.39, 0.29) is 17.6 Å². The lowest BCUT2D eigenvalue weighted by molar-refractivity contribution is -0.117. The molecule has 0 aromatic carbocycles. The standard InChI is InChI=1S/C14H17N5O3S/c1-10-8-11(22-17-10)13(21)19-5-3-18(4-6-19)9-12(20)16-14-15-2-7-23-14/h2,7-8H,3-6,9H2,1H3,(H,15,16,20). The highest BCUT2D eigenvalue weighted by Gasteiger charge is 2.25. The second-order valence-electron chi connectivity index (χ2n) is 5.29. The third-order valence-corrected chi connectivity index (χ3v) is 4.23. The van der Waals surface area contributed by atoms with Gasteiger partial charge in [-0.2, -0.15) is 0 Å². The van der Waals surface area contributed by atoms with Gasteiger partial charge in [0.2, 0.25) is 11.7 Å². The molecule has 2 aromatic rings. The largest absolute Gasteiger partial charge is 0.351 e. The zero-order valence-electron chi connectivity index (χ0n) is 12.7. The van der Waals surface area contributed by atoms with Crippen LogP contribution in [0.1, 0.15) is 16.2 Å². The van der Waals surface area contributed by atoms with E-state index in [0.717, 1.165) is 0 Å². The van der Waals surface area contributed by atoms with Gasteiger partial charge in [-0.3, -0.25) is 14.5 Å². The molecule has 0 atom stereocenters. The summed E-state index contributed by atoms with van der Waals surface area (Å²) >= 11 is 1.39. The Hall–Kier alpha value is -2.26. The minimum absolute atomic E-state index is 0.0921. The summed E-state index contributed by atoms with van der Waals surface area (Å²) in [6, 6.07) is 1.64. The Kier molecular flexibility index (Phi) is 4.68. The number of amides is 2. The number of thiazole rings is 1. The van der Waals surface area contributed by atoms with Gasteiger partial charge in [0.25, 0.3) is 5.91 Å². The quantitative estimate of drug-likeness (QED) is 0.890. The molecule has 8 nitrogen and oxygen atoms in total. The Bertz CT molecular complexity index is 676. The van der Waals surface area contributed by atoms with Gasteiger partial charge in [-0.15, -0.1) is 11.3 Å². The van der Waals surface area contributed by atoms with E-state index in [1.54, 1.807) is 24.1 Å². The Balaban J connectivity index is 1.46. The van der Waals surface area contributed by atoms with Crippen molar-refractivity contribution >= 4 is 28.3 Å². The van der Waals surface area contributed by atoms with Gasteiger partial charge in [0.15, 0.2) is 5.13 Å². The molecular formula is C14H17N5O3S. The van der Waals surface area contributed by atoms with E-state index in [4.69, 9.17) is 4.52 Å². The highest BCUT2D eigenvalue weighted by molar-refractivity contribution is 7.13. The van der Waals surface area contributed by atoms with Gasteiger partial charge in [-0.25, -0.2) is 4.98 Å². The average molecular weight is 335 g/mol. The molecule has 0 aliphatic carbocycles. The van der Waals surface area contributed by atoms with E-state index in [9.17, 15) is 9.59 Å². The van der Waals surface area contributed by atoms with Gasteiger partial charge in [0.05, 0.1) is 12.2 Å². The van der Waals surface area contributed by atoms with Crippen LogP contribution >= 0.6 is 11.3 Å². The fourth-order valence-electron chi connectivity index (χ4n) is 2.38. The third kappa shape index (κ3) is 3.93. The molecule has 122 valence electrons. The molecule has 1 aliphatic rings. The Morgan fingerprint density at radius 1 is 1.35 bits per heavy atom. The van der Waals surface area contributed by atoms with Gasteiger partial charge in [-0.1, -0.05) is 5.16 Å². The van der Waals surface area contributed by atoms with Crippen LogP contribution in [0.5, 0.6) is 0 Å². The summed E-state index contributed by atoms with van der Waals surface area (Å²) in [4.78, 5) is 31.9. The number of hydrogen-bond acceptors (Lipinski definition) is 7. The molecule has 0 unspecified atom stereocenters. The lowest BCUT2D eigenvalue weighted by Crippen LogP contribution is -2.50. The van der Waals surface area contributed by atoms with Crippen LogP contribution in [-0.2, 0) is 4.79 Å². The van der Waals surface area contributed by atoms with E-state index < -0.39 is 0 Å². The van der Waals surface area contributed by atoms with Gasteiger partial charge in [0, 0.05) is 43.8 Å². The topological polar surface area (TPSA) is 91.6 Å². The van der Waals surface area contributed by atoms with E-state index in [1.165, 1.54) is 11.3 Å². The lowest BCUT2D eigenvalue weighted by atomic mass is 10.2. The fraction of sp³-hybridized carbons (Fsp3) is 0.429. The first kappa shape index (κ1) is 15.6. The smallest absolute Gasteiger partial charge is 0.292 e. The van der Waals surface area contributed by atoms with E-state index >= 15 is 0 Å². The first-order chi connectivity index (χ1) is 11.1. The average Bonchev–Trinajstić information content (AvgIpc) is 3.19. The predicted octanol–water partition coefficient (Wildman–Crippen LogP) is 0.836. The molecule has 0 saturated carbocycles. The van der Waals surface area contributed by atoms with Crippen LogP contribution in [0.2, 0.25) is 0 Å². The molecule has 1 fully saturated rings. The van der Waals surface area contributed by atoms with Gasteiger partial charge < -0.3 is 14.7 Å². The number of aromatic nitrogens is 2. The van der Waals surface area contributed by atoms with E-state index in [0.29, 0.717) is 43.5 Å². The van der Waals surface area contributed by atoms with Gasteiger partial charge >= 0.3 is 0 Å². The van der Waals surface area contributed by atoms with Crippen molar-refractivity contribution in [3.63, 3.8) is 0 Å². The minimum Gasteiger partial charge on any atom is -0.351 e. The molecule has 2 amide bonds. The van der Waals surface area contributed by atoms with Crippen molar-refractivity contribution in [2.45, 2.75) is 6.92 Å². The Labute approximate surface area is 137 Å². The first-order valence-corrected chi connectivity index (χ1v) is 8.14. The molecule has 2 aromatic heterocycles. The summed E-state index contributed by atoms with van der Waals surface area (Å²) < 4.78 is 5.00. The van der Waals surface area contributed by atoms with Crippen molar-refractivity contribution in [3.8, 4) is 0 Å². The highest BCUT2D eigenvalue weighted by atomic mass is 32.1. The zero-order chi connectivity index (χ0) is 16.2. The summed E-state index contributed by atoms with van der Waals surface area (Å²) in [6.07, 6.45) is 1.65. The highest BCUT2D eigenvalue weighted by Crippen LogP contribution is 2.12. The SMILES string of the molecule is Cc1cc(C(=O)N2CCN(CC(=O)Nc3nccs3)CC2)on1. The molecule has 0 radical (unpaired) electrons. The summed E-state index contributed by atoms with van der Waals surface area (Å²) in [5.74, 6) is 0.0144. The van der Waals surface area contributed by atoms with Crippen LogP contribution in [0.3, 0.4) is 0 Å². The third-order valence-electron chi connectivity index (χ3n) is 3.54. The van der Waals surface area contributed by atoms with Crippen LogP contribution in [0.25, 0.3) is 0 Å². The van der Waals surface area contributed by atoms with Crippen LogP contribution in [0.15, 0.2) is 22.2 Å². The zero-order valence-corrected chi connectivity index (χ0v) is 13.5. The number of nitrogens with one attached hydrogen (secondary N) is 1. The van der Waals surface area contributed by atoms with Crippen LogP contribution in [0.4, 0.5) is 5.13 Å². The number of hydrogen-bond donors (Lipinski definition) is 1. The van der Waals surface area contributed by atoms with E-state index in [2.05, 4.69) is 15.5 Å². The number of nitrogens with zero attached hydrogens (tertiary/aromatic N) is 4. The maximum Gasteiger partial charge on any atom is 0.292 e. The van der Waals surface area contributed by atoms with Crippen molar-refractivity contribution in [2.24, 2.45) is 0 Å². The Morgan fingerprint density at radius 2 is 2.13 bits per heavy atom. The maximum absolute atomic E-state index is 12.2. The van der Waals surface area contributed by atoms with E-state index in [1.807, 2.05) is 10.3 Å². The van der Waals surface area contributed by atoms with Crippen molar-refractivity contribution in [2.75, 3.05) is 38.0 Å². The summed E-state index contributed by atoms with van der Waals surface area (Å²) in [5, 5.41) is 8.90. The second kappa shape index (κ2) is 6.88. The number of aryl methyl sites for hydroxylation is 1. The van der Waals surface area contributed by atoms with Crippen molar-refractivity contribution < 1.29 is 14.1 Å². The minimum atomic E-state index is -0.155. The first-order valence-electron chi connectivity index (χ1n) is 7.26. The maximum atomic E-state index is 12.2. The van der Waals surface area contributed by atoms with Crippen LogP contribution in [-0.4, -0.2) is 64.5 Å². The number of rotatable bonds is 4. The molecular weight excluding hydrogens is 318 g/mol.